The van der Waals surface area contributed by atoms with Crippen molar-refractivity contribution in [2.24, 2.45) is 0 Å². The van der Waals surface area contributed by atoms with E-state index < -0.39 is 5.97 Å². The first kappa shape index (κ1) is 22.8. The van der Waals surface area contributed by atoms with Crippen LogP contribution in [0.2, 0.25) is 0 Å². The Morgan fingerprint density at radius 3 is 2.48 bits per heavy atom. The molecule has 1 atom stereocenters. The number of amides is 1. The summed E-state index contributed by atoms with van der Waals surface area (Å²) in [4.78, 5) is 24.1. The molecule has 0 spiro atoms. The molecule has 1 saturated heterocycles. The summed E-state index contributed by atoms with van der Waals surface area (Å²) in [6, 6.07) is 15.1. The van der Waals surface area contributed by atoms with Crippen LogP contribution in [-0.4, -0.2) is 44.3 Å². The Hall–Kier alpha value is -2.86. The lowest BCUT2D eigenvalue weighted by molar-refractivity contribution is -0.124. The highest BCUT2D eigenvalue weighted by Crippen LogP contribution is 2.17. The Kier molecular flexibility index (Phi) is 8.47. The summed E-state index contributed by atoms with van der Waals surface area (Å²) >= 11 is 0. The zero-order valence-corrected chi connectivity index (χ0v) is 18.3. The van der Waals surface area contributed by atoms with Gasteiger partial charge in [0, 0.05) is 13.2 Å². The molecule has 1 N–H and O–H groups in total. The van der Waals surface area contributed by atoms with E-state index in [4.69, 9.17) is 14.2 Å². The van der Waals surface area contributed by atoms with Crippen LogP contribution in [0.4, 0.5) is 0 Å². The average Bonchev–Trinajstić information content (AvgIpc) is 3.30. The van der Waals surface area contributed by atoms with Crippen LogP contribution >= 0.6 is 0 Å². The quantitative estimate of drug-likeness (QED) is 0.585. The third-order valence-corrected chi connectivity index (χ3v) is 5.27. The summed E-state index contributed by atoms with van der Waals surface area (Å²) in [5, 5.41) is 2.78. The van der Waals surface area contributed by atoms with Gasteiger partial charge in [-0.1, -0.05) is 38.1 Å². The van der Waals surface area contributed by atoms with Crippen molar-refractivity contribution in [3.8, 4) is 5.75 Å². The molecule has 1 heterocycles. The molecule has 1 aliphatic heterocycles. The molecule has 0 radical (unpaired) electrons. The number of carbonyl (C=O) groups is 2. The van der Waals surface area contributed by atoms with Gasteiger partial charge >= 0.3 is 5.97 Å². The Bertz CT molecular complexity index is 839. The van der Waals surface area contributed by atoms with E-state index in [1.54, 1.807) is 24.3 Å². The van der Waals surface area contributed by atoms with Gasteiger partial charge in [-0.2, -0.15) is 0 Å². The number of hydrogen-bond acceptors (Lipinski definition) is 5. The fraction of sp³-hybridized carbons (Fsp3) is 0.440. The van der Waals surface area contributed by atoms with Crippen LogP contribution in [0.3, 0.4) is 0 Å². The van der Waals surface area contributed by atoms with Crippen LogP contribution in [-0.2, 0) is 20.7 Å². The van der Waals surface area contributed by atoms with Gasteiger partial charge in [-0.3, -0.25) is 4.79 Å². The summed E-state index contributed by atoms with van der Waals surface area (Å²) in [6.45, 7) is 5.80. The second-order valence-electron chi connectivity index (χ2n) is 8.04. The largest absolute Gasteiger partial charge is 0.491 e. The number of hydrogen-bond donors (Lipinski definition) is 1. The average molecular weight is 426 g/mol. The summed E-state index contributed by atoms with van der Waals surface area (Å²) in [5.41, 5.74) is 2.83. The topological polar surface area (TPSA) is 73.9 Å². The number of nitrogens with one attached hydrogen (secondary N) is 1. The van der Waals surface area contributed by atoms with Gasteiger partial charge in [0.15, 0.2) is 6.61 Å². The van der Waals surface area contributed by atoms with Gasteiger partial charge in [0.05, 0.1) is 11.7 Å². The molecular formula is C25H31NO5. The van der Waals surface area contributed by atoms with Gasteiger partial charge in [0.1, 0.15) is 12.4 Å². The molecule has 2 aromatic carbocycles. The lowest BCUT2D eigenvalue weighted by atomic mass is 10.0. The van der Waals surface area contributed by atoms with E-state index >= 15 is 0 Å². The number of ether oxygens (including phenoxy) is 3. The number of benzene rings is 2. The smallest absolute Gasteiger partial charge is 0.338 e. The minimum absolute atomic E-state index is 0.141. The second kappa shape index (κ2) is 11.5. The molecule has 0 bridgehead atoms. The fourth-order valence-electron chi connectivity index (χ4n) is 3.33. The van der Waals surface area contributed by atoms with Crippen molar-refractivity contribution >= 4 is 11.9 Å². The minimum Gasteiger partial charge on any atom is -0.491 e. The molecule has 1 fully saturated rings. The van der Waals surface area contributed by atoms with Crippen molar-refractivity contribution in [2.45, 2.75) is 45.1 Å². The Balaban J connectivity index is 1.34. The maximum atomic E-state index is 12.1. The predicted octanol–water partition coefficient (Wildman–Crippen LogP) is 3.88. The molecule has 2 aromatic rings. The first-order valence-electron chi connectivity index (χ1n) is 10.9. The van der Waals surface area contributed by atoms with Crippen molar-refractivity contribution in [1.82, 2.24) is 5.32 Å². The van der Waals surface area contributed by atoms with Crippen LogP contribution in [0, 0.1) is 0 Å². The Morgan fingerprint density at radius 1 is 1.10 bits per heavy atom. The van der Waals surface area contributed by atoms with Crippen molar-refractivity contribution in [1.29, 1.82) is 0 Å². The van der Waals surface area contributed by atoms with Crippen LogP contribution in [0.15, 0.2) is 48.5 Å². The Labute approximate surface area is 183 Å². The van der Waals surface area contributed by atoms with Gasteiger partial charge in [-0.15, -0.1) is 0 Å². The van der Waals surface area contributed by atoms with Crippen molar-refractivity contribution in [2.75, 3.05) is 26.4 Å². The molecule has 3 rings (SSSR count). The number of rotatable bonds is 10. The van der Waals surface area contributed by atoms with Gasteiger partial charge < -0.3 is 19.5 Å². The van der Waals surface area contributed by atoms with Crippen LogP contribution in [0.5, 0.6) is 5.75 Å². The third kappa shape index (κ3) is 7.40. The van der Waals surface area contributed by atoms with E-state index in [1.807, 2.05) is 0 Å². The summed E-state index contributed by atoms with van der Waals surface area (Å²) in [5.74, 6) is 0.318. The standard InChI is InChI=1S/C25H31NO5/c1-18(2)20-7-5-19(6-8-20)13-14-26-24(27)17-31-25(28)21-9-11-22(12-10-21)30-16-23-4-3-15-29-23/h5-12,18,23H,3-4,13-17H2,1-2H3,(H,26,27). The fourth-order valence-corrected chi connectivity index (χ4v) is 3.33. The summed E-state index contributed by atoms with van der Waals surface area (Å²) in [7, 11) is 0. The van der Waals surface area contributed by atoms with Gasteiger partial charge in [0.2, 0.25) is 0 Å². The molecule has 1 unspecified atom stereocenters. The highest BCUT2D eigenvalue weighted by atomic mass is 16.5. The van der Waals surface area contributed by atoms with Gasteiger partial charge in [-0.05, 0) is 60.6 Å². The summed E-state index contributed by atoms with van der Waals surface area (Å²) in [6.07, 6.45) is 2.95. The molecule has 1 amide bonds. The van der Waals surface area contributed by atoms with E-state index in [9.17, 15) is 9.59 Å². The highest BCUT2D eigenvalue weighted by molar-refractivity contribution is 5.91. The number of esters is 1. The molecule has 0 saturated carbocycles. The first-order valence-corrected chi connectivity index (χ1v) is 10.9. The minimum atomic E-state index is -0.537. The molecule has 166 valence electrons. The normalized spacial score (nSPS) is 15.6. The molecular weight excluding hydrogens is 394 g/mol. The second-order valence-corrected chi connectivity index (χ2v) is 8.04. The van der Waals surface area contributed by atoms with Crippen LogP contribution in [0.1, 0.15) is 54.1 Å². The van der Waals surface area contributed by atoms with E-state index in [0.29, 0.717) is 30.4 Å². The van der Waals surface area contributed by atoms with Crippen molar-refractivity contribution < 1.29 is 23.8 Å². The SMILES string of the molecule is CC(C)c1ccc(CCNC(=O)COC(=O)c2ccc(OCC3CCCO3)cc2)cc1. The lowest BCUT2D eigenvalue weighted by Crippen LogP contribution is -2.30. The number of carbonyl (C=O) groups excluding carboxylic acids is 2. The van der Waals surface area contributed by atoms with Crippen LogP contribution in [0.25, 0.3) is 0 Å². The van der Waals surface area contributed by atoms with E-state index in [1.165, 1.54) is 5.56 Å². The zero-order chi connectivity index (χ0) is 22.1. The Morgan fingerprint density at radius 2 is 1.84 bits per heavy atom. The highest BCUT2D eigenvalue weighted by Gasteiger charge is 2.16. The van der Waals surface area contributed by atoms with E-state index in [0.717, 1.165) is 31.4 Å². The molecule has 6 heteroatoms. The zero-order valence-electron chi connectivity index (χ0n) is 18.3. The van der Waals surface area contributed by atoms with Crippen molar-refractivity contribution in [3.63, 3.8) is 0 Å². The van der Waals surface area contributed by atoms with Crippen molar-refractivity contribution in [3.05, 3.63) is 65.2 Å². The molecule has 0 aliphatic carbocycles. The van der Waals surface area contributed by atoms with Crippen LogP contribution < -0.4 is 10.1 Å². The summed E-state index contributed by atoms with van der Waals surface area (Å²) < 4.78 is 16.3. The molecule has 6 nitrogen and oxygen atoms in total. The first-order chi connectivity index (χ1) is 15.0. The third-order valence-electron chi connectivity index (χ3n) is 5.27. The lowest BCUT2D eigenvalue weighted by Gasteiger charge is -2.11. The van der Waals surface area contributed by atoms with E-state index in [-0.39, 0.29) is 18.6 Å². The maximum absolute atomic E-state index is 12.1. The molecule has 0 aromatic heterocycles. The van der Waals surface area contributed by atoms with Gasteiger partial charge in [-0.25, -0.2) is 4.79 Å². The predicted molar refractivity (Wildman–Crippen MR) is 118 cm³/mol. The molecule has 1 aliphatic rings. The van der Waals surface area contributed by atoms with E-state index in [2.05, 4.69) is 43.4 Å². The molecule has 31 heavy (non-hydrogen) atoms. The maximum Gasteiger partial charge on any atom is 0.338 e. The monoisotopic (exact) mass is 425 g/mol. The van der Waals surface area contributed by atoms with Gasteiger partial charge in [0.25, 0.3) is 5.91 Å².